The molecule has 0 aliphatic heterocycles. The lowest BCUT2D eigenvalue weighted by molar-refractivity contribution is -0.157. The standard InChI is InChI=1S/C39H49N5O7/c1-24(2)30(42-38(49)33(44(6)7)34(46)27-14-10-8-11-15-27)37(48)43-32(36(47)41-23-22-26-18-20-29(45)21-19-26)35(28-16-12-9-13-17-28)51-39(50)31(40-5)25(3)4/h8-23,25,31-35,40,45-46H,1-7H3,(H,41,47)(H,42,49)(H,43,48). The van der Waals surface area contributed by atoms with E-state index in [0.717, 1.165) is 0 Å². The molecule has 3 aromatic carbocycles. The van der Waals surface area contributed by atoms with Crippen LogP contribution in [-0.4, -0.2) is 78.1 Å². The zero-order valence-electron chi connectivity index (χ0n) is 30.1. The number of hydrogen-bond acceptors (Lipinski definition) is 9. The number of nitrogens with one attached hydrogen (secondary N) is 4. The molecule has 0 bridgehead atoms. The number of aliphatic hydroxyl groups excluding tert-OH is 1. The average molecular weight is 700 g/mol. The first-order chi connectivity index (χ1) is 24.2. The molecule has 0 saturated carbocycles. The van der Waals surface area contributed by atoms with Crippen LogP contribution in [0.4, 0.5) is 0 Å². The predicted molar refractivity (Wildman–Crippen MR) is 196 cm³/mol. The quantitative estimate of drug-likeness (QED) is 0.0967. The lowest BCUT2D eigenvalue weighted by atomic mass is 9.99. The van der Waals surface area contributed by atoms with E-state index in [1.165, 1.54) is 18.3 Å². The van der Waals surface area contributed by atoms with Crippen LogP contribution in [0.25, 0.3) is 6.08 Å². The topological polar surface area (TPSA) is 169 Å². The molecular formula is C39H49N5O7. The lowest BCUT2D eigenvalue weighted by Gasteiger charge is -2.31. The van der Waals surface area contributed by atoms with Gasteiger partial charge in [-0.3, -0.25) is 24.1 Å². The SMILES string of the molecule is CNC(C(=O)OC(c1ccccc1)C(NC(=O)C(NC(=O)C(C(O)c1ccccc1)N(C)C)=C(C)C)C(=O)NC=Cc1ccc(O)cc1)C(C)C. The number of aromatic hydroxyl groups is 1. The van der Waals surface area contributed by atoms with Gasteiger partial charge in [0.2, 0.25) is 5.91 Å². The summed E-state index contributed by atoms with van der Waals surface area (Å²) in [5, 5.41) is 31.8. The summed E-state index contributed by atoms with van der Waals surface area (Å²) < 4.78 is 6.01. The molecule has 272 valence electrons. The minimum absolute atomic E-state index is 0.0846. The number of likely N-dealkylation sites (N-methyl/N-ethyl adjacent to an activating group) is 2. The third kappa shape index (κ3) is 11.4. The van der Waals surface area contributed by atoms with Crippen molar-refractivity contribution in [2.24, 2.45) is 5.92 Å². The molecule has 0 saturated heterocycles. The van der Waals surface area contributed by atoms with Crippen molar-refractivity contribution in [1.82, 2.24) is 26.2 Å². The van der Waals surface area contributed by atoms with Crippen molar-refractivity contribution in [2.75, 3.05) is 21.1 Å². The summed E-state index contributed by atoms with van der Waals surface area (Å²) in [6, 6.07) is 20.3. The number of phenols is 1. The molecule has 0 aliphatic rings. The Hall–Kier alpha value is -5.30. The molecule has 3 rings (SSSR count). The van der Waals surface area contributed by atoms with Gasteiger partial charge in [-0.1, -0.05) is 86.6 Å². The van der Waals surface area contributed by atoms with Crippen LogP contribution in [0.5, 0.6) is 5.75 Å². The number of ether oxygens (including phenoxy) is 1. The largest absolute Gasteiger partial charge is 0.508 e. The summed E-state index contributed by atoms with van der Waals surface area (Å²) in [5.74, 6) is -2.88. The van der Waals surface area contributed by atoms with E-state index in [-0.39, 0.29) is 17.4 Å². The second-order valence-electron chi connectivity index (χ2n) is 12.8. The van der Waals surface area contributed by atoms with Crippen molar-refractivity contribution in [1.29, 1.82) is 0 Å². The van der Waals surface area contributed by atoms with Gasteiger partial charge in [-0.05, 0) is 81.4 Å². The number of allylic oxidation sites excluding steroid dienone is 1. The molecule has 3 aromatic rings. The Kier molecular flexibility index (Phi) is 15.1. The van der Waals surface area contributed by atoms with Crippen molar-refractivity contribution in [2.45, 2.75) is 58.0 Å². The van der Waals surface area contributed by atoms with Gasteiger partial charge in [0.05, 0.1) is 0 Å². The first-order valence-corrected chi connectivity index (χ1v) is 16.6. The fraction of sp³-hybridized carbons (Fsp3) is 0.333. The predicted octanol–water partition coefficient (Wildman–Crippen LogP) is 3.57. The van der Waals surface area contributed by atoms with Crippen molar-refractivity contribution in [3.63, 3.8) is 0 Å². The first-order valence-electron chi connectivity index (χ1n) is 16.6. The molecule has 0 fully saturated rings. The number of carbonyl (C=O) groups is 4. The average Bonchev–Trinajstić information content (AvgIpc) is 3.10. The zero-order chi connectivity index (χ0) is 37.7. The van der Waals surface area contributed by atoms with Gasteiger partial charge in [0.25, 0.3) is 11.8 Å². The van der Waals surface area contributed by atoms with E-state index >= 15 is 0 Å². The van der Waals surface area contributed by atoms with Gasteiger partial charge in [-0.25, -0.2) is 0 Å². The number of hydrogen-bond donors (Lipinski definition) is 6. The fourth-order valence-electron chi connectivity index (χ4n) is 5.38. The number of benzene rings is 3. The van der Waals surface area contributed by atoms with Gasteiger partial charge in [0.1, 0.15) is 35.7 Å². The third-order valence-corrected chi connectivity index (χ3v) is 8.11. The Labute approximate surface area is 299 Å². The van der Waals surface area contributed by atoms with E-state index in [1.54, 1.807) is 119 Å². The monoisotopic (exact) mass is 699 g/mol. The molecule has 0 radical (unpaired) electrons. The Balaban J connectivity index is 2.00. The van der Waals surface area contributed by atoms with Crippen LogP contribution in [-0.2, 0) is 23.9 Å². The summed E-state index contributed by atoms with van der Waals surface area (Å²) in [4.78, 5) is 56.8. The molecule has 0 heterocycles. The summed E-state index contributed by atoms with van der Waals surface area (Å²) in [7, 11) is 4.90. The number of rotatable bonds is 16. The normalized spacial score (nSPS) is 14.2. The Morgan fingerprint density at radius 1 is 0.804 bits per heavy atom. The van der Waals surface area contributed by atoms with Crippen LogP contribution in [0.1, 0.15) is 56.6 Å². The smallest absolute Gasteiger partial charge is 0.324 e. The van der Waals surface area contributed by atoms with Gasteiger partial charge >= 0.3 is 5.97 Å². The number of amides is 3. The molecule has 5 unspecified atom stereocenters. The highest BCUT2D eigenvalue weighted by atomic mass is 16.5. The summed E-state index contributed by atoms with van der Waals surface area (Å²) in [5.41, 5.74) is 1.91. The van der Waals surface area contributed by atoms with Crippen molar-refractivity contribution >= 4 is 29.8 Å². The van der Waals surface area contributed by atoms with Crippen LogP contribution >= 0.6 is 0 Å². The lowest BCUT2D eigenvalue weighted by Crippen LogP contribution is -2.54. The molecule has 3 amide bonds. The second-order valence-corrected chi connectivity index (χ2v) is 12.8. The summed E-state index contributed by atoms with van der Waals surface area (Å²) in [6.45, 7) is 6.94. The molecule has 12 nitrogen and oxygen atoms in total. The number of phenolic OH excluding ortho intramolecular Hbond substituents is 1. The maximum atomic E-state index is 14.1. The van der Waals surface area contributed by atoms with Gasteiger partial charge < -0.3 is 36.2 Å². The molecule has 0 spiro atoms. The van der Waals surface area contributed by atoms with Crippen LogP contribution in [0.15, 0.2) is 102 Å². The number of carbonyl (C=O) groups excluding carboxylic acids is 4. The maximum absolute atomic E-state index is 14.1. The van der Waals surface area contributed by atoms with E-state index in [1.807, 2.05) is 13.8 Å². The molecule has 6 N–H and O–H groups in total. The Morgan fingerprint density at radius 3 is 1.88 bits per heavy atom. The van der Waals surface area contributed by atoms with Gasteiger partial charge in [0, 0.05) is 6.20 Å². The second kappa shape index (κ2) is 19.2. The number of esters is 1. The maximum Gasteiger partial charge on any atom is 0.324 e. The van der Waals surface area contributed by atoms with Crippen LogP contribution in [0.3, 0.4) is 0 Å². The fourth-order valence-corrected chi connectivity index (χ4v) is 5.38. The van der Waals surface area contributed by atoms with Crippen molar-refractivity contribution < 1.29 is 34.1 Å². The van der Waals surface area contributed by atoms with Gasteiger partial charge in [0.15, 0.2) is 6.10 Å². The van der Waals surface area contributed by atoms with Crippen LogP contribution < -0.4 is 21.3 Å². The summed E-state index contributed by atoms with van der Waals surface area (Å²) >= 11 is 0. The van der Waals surface area contributed by atoms with Gasteiger partial charge in [-0.15, -0.1) is 0 Å². The molecule has 51 heavy (non-hydrogen) atoms. The van der Waals surface area contributed by atoms with E-state index < -0.39 is 54.0 Å². The van der Waals surface area contributed by atoms with Crippen molar-refractivity contribution in [3.8, 4) is 5.75 Å². The first kappa shape index (κ1) is 40.1. The highest BCUT2D eigenvalue weighted by Crippen LogP contribution is 2.25. The molecular weight excluding hydrogens is 650 g/mol. The van der Waals surface area contributed by atoms with E-state index in [0.29, 0.717) is 22.3 Å². The van der Waals surface area contributed by atoms with Crippen LogP contribution in [0, 0.1) is 5.92 Å². The Morgan fingerprint density at radius 2 is 1.37 bits per heavy atom. The van der Waals surface area contributed by atoms with Crippen molar-refractivity contribution in [3.05, 3.63) is 119 Å². The number of nitrogens with zero attached hydrogens (tertiary/aromatic N) is 1. The minimum Gasteiger partial charge on any atom is -0.508 e. The van der Waals surface area contributed by atoms with E-state index in [9.17, 15) is 29.4 Å². The highest BCUT2D eigenvalue weighted by molar-refractivity contribution is 6.01. The Bertz CT molecular complexity index is 1670. The highest BCUT2D eigenvalue weighted by Gasteiger charge is 2.38. The van der Waals surface area contributed by atoms with Gasteiger partial charge in [-0.2, -0.15) is 0 Å². The molecule has 5 atom stereocenters. The van der Waals surface area contributed by atoms with E-state index in [2.05, 4.69) is 21.3 Å². The molecule has 12 heteroatoms. The molecule has 0 aromatic heterocycles. The van der Waals surface area contributed by atoms with Crippen LogP contribution in [0.2, 0.25) is 0 Å². The number of aliphatic hydroxyl groups is 1. The van der Waals surface area contributed by atoms with E-state index in [4.69, 9.17) is 4.74 Å². The summed E-state index contributed by atoms with van der Waals surface area (Å²) in [6.07, 6.45) is 0.460. The zero-order valence-corrected chi connectivity index (χ0v) is 30.1. The molecule has 0 aliphatic carbocycles. The third-order valence-electron chi connectivity index (χ3n) is 8.11. The minimum atomic E-state index is -1.48.